The smallest absolute Gasteiger partial charge is 0.271 e. The molecule has 0 bridgehead atoms. The predicted molar refractivity (Wildman–Crippen MR) is 42.8 cm³/mol. The number of rotatable bonds is 5. The van der Waals surface area contributed by atoms with Crippen molar-refractivity contribution in [3.05, 3.63) is 0 Å². The average molecular weight is 226 g/mol. The van der Waals surface area contributed by atoms with Crippen molar-refractivity contribution in [1.82, 2.24) is 4.67 Å². The second kappa shape index (κ2) is 5.31. The third-order valence-electron chi connectivity index (χ3n) is 1.01. The number of hydrogen-bond donors (Lipinski definition) is 0. The first-order chi connectivity index (χ1) is 5.02. The van der Waals surface area contributed by atoms with Crippen molar-refractivity contribution < 1.29 is 13.3 Å². The van der Waals surface area contributed by atoms with Crippen LogP contribution in [0.4, 0.5) is 8.78 Å². The molecule has 0 N–H and O–H groups in total. The van der Waals surface area contributed by atoms with E-state index < -0.39 is 19.3 Å². The Labute approximate surface area is 73.5 Å². The van der Waals surface area contributed by atoms with E-state index in [1.165, 1.54) is 0 Å². The molecule has 0 aromatic carbocycles. The SMILES string of the molecule is O=P(Cl)(Cl)N(CCF)CCF. The zero-order valence-electron chi connectivity index (χ0n) is 5.64. The minimum Gasteiger partial charge on any atom is -0.271 e. The lowest BCUT2D eigenvalue weighted by Gasteiger charge is -2.19. The summed E-state index contributed by atoms with van der Waals surface area (Å²) in [4.78, 5) is 0. The normalized spacial score (nSPS) is 12.5. The van der Waals surface area contributed by atoms with E-state index in [0.717, 1.165) is 4.67 Å². The maximum atomic E-state index is 11.7. The van der Waals surface area contributed by atoms with Gasteiger partial charge >= 0.3 is 6.00 Å². The molecule has 0 atom stereocenters. The fraction of sp³-hybridized carbons (Fsp3) is 1.00. The Bertz CT molecular complexity index is 147. The Hall–Kier alpha value is 0.630. The lowest BCUT2D eigenvalue weighted by Crippen LogP contribution is -2.21. The third-order valence-corrected chi connectivity index (χ3v) is 3.36. The van der Waals surface area contributed by atoms with Gasteiger partial charge in [-0.15, -0.1) is 0 Å². The van der Waals surface area contributed by atoms with Gasteiger partial charge < -0.3 is 0 Å². The molecule has 11 heavy (non-hydrogen) atoms. The van der Waals surface area contributed by atoms with E-state index in [2.05, 4.69) is 0 Å². The standard InChI is InChI=1S/C4H8Cl2F2NOP/c5-11(6,10)9(3-1-7)4-2-8/h1-4H2. The highest BCUT2D eigenvalue weighted by molar-refractivity contribution is 8.06. The Morgan fingerprint density at radius 1 is 1.18 bits per heavy atom. The van der Waals surface area contributed by atoms with Crippen molar-refractivity contribution in [1.29, 1.82) is 0 Å². The van der Waals surface area contributed by atoms with Gasteiger partial charge in [0.1, 0.15) is 13.3 Å². The number of alkyl halides is 2. The summed E-state index contributed by atoms with van der Waals surface area (Å²) in [6.07, 6.45) is 0. The van der Waals surface area contributed by atoms with Gasteiger partial charge in [-0.25, -0.2) is 13.5 Å². The molecule has 68 valence electrons. The molecule has 0 amide bonds. The number of halogens is 4. The van der Waals surface area contributed by atoms with E-state index in [1.54, 1.807) is 0 Å². The minimum atomic E-state index is -3.51. The Kier molecular flexibility index (Phi) is 5.61. The molecular weight excluding hydrogens is 218 g/mol. The minimum absolute atomic E-state index is 0.200. The Balaban J connectivity index is 3.99. The van der Waals surface area contributed by atoms with Crippen LogP contribution in [0.5, 0.6) is 0 Å². The van der Waals surface area contributed by atoms with E-state index >= 15 is 0 Å². The molecule has 0 heterocycles. The van der Waals surface area contributed by atoms with Gasteiger partial charge in [-0.2, -0.15) is 0 Å². The molecule has 7 heteroatoms. The van der Waals surface area contributed by atoms with Crippen LogP contribution in [-0.4, -0.2) is 31.1 Å². The topological polar surface area (TPSA) is 20.3 Å². The molecule has 0 aliphatic heterocycles. The summed E-state index contributed by atoms with van der Waals surface area (Å²) in [5.74, 6) is -3.51. The summed E-state index contributed by atoms with van der Waals surface area (Å²) in [5, 5.41) is 0. The fourth-order valence-corrected chi connectivity index (χ4v) is 2.06. The van der Waals surface area contributed by atoms with Crippen LogP contribution >= 0.6 is 28.5 Å². The quantitative estimate of drug-likeness (QED) is 0.671. The van der Waals surface area contributed by atoms with Gasteiger partial charge in [-0.1, -0.05) is 0 Å². The molecule has 0 radical (unpaired) electrons. The summed E-state index contributed by atoms with van der Waals surface area (Å²) >= 11 is 10.3. The Morgan fingerprint density at radius 2 is 1.55 bits per heavy atom. The molecule has 0 aliphatic carbocycles. The molecular formula is C4H8Cl2F2NOP. The van der Waals surface area contributed by atoms with Crippen molar-refractivity contribution in [2.45, 2.75) is 0 Å². The Morgan fingerprint density at radius 3 is 1.73 bits per heavy atom. The molecule has 0 unspecified atom stereocenters. The van der Waals surface area contributed by atoms with Crippen molar-refractivity contribution in [3.8, 4) is 0 Å². The van der Waals surface area contributed by atoms with Gasteiger partial charge in [-0.3, -0.25) is 4.57 Å². The van der Waals surface area contributed by atoms with Crippen molar-refractivity contribution >= 4 is 28.5 Å². The maximum Gasteiger partial charge on any atom is 0.322 e. The first-order valence-electron chi connectivity index (χ1n) is 2.89. The summed E-state index contributed by atoms with van der Waals surface area (Å²) < 4.78 is 35.1. The maximum absolute atomic E-state index is 11.7. The highest BCUT2D eigenvalue weighted by Gasteiger charge is 2.24. The van der Waals surface area contributed by atoms with E-state index in [1.807, 2.05) is 0 Å². The van der Waals surface area contributed by atoms with Crippen LogP contribution in [-0.2, 0) is 4.57 Å². The van der Waals surface area contributed by atoms with Gasteiger partial charge in [0, 0.05) is 13.1 Å². The van der Waals surface area contributed by atoms with Crippen LogP contribution in [0.1, 0.15) is 0 Å². The average Bonchev–Trinajstić information content (AvgIpc) is 1.85. The van der Waals surface area contributed by atoms with Crippen molar-refractivity contribution in [2.75, 3.05) is 26.4 Å². The molecule has 0 fully saturated rings. The first kappa shape index (κ1) is 11.6. The molecule has 0 spiro atoms. The van der Waals surface area contributed by atoms with Gasteiger partial charge in [0.05, 0.1) is 0 Å². The van der Waals surface area contributed by atoms with E-state index in [0.29, 0.717) is 0 Å². The molecule has 0 rings (SSSR count). The monoisotopic (exact) mass is 225 g/mol. The molecule has 0 aromatic heterocycles. The van der Waals surface area contributed by atoms with Crippen molar-refractivity contribution in [2.24, 2.45) is 0 Å². The zero-order valence-corrected chi connectivity index (χ0v) is 8.05. The van der Waals surface area contributed by atoms with Crippen LogP contribution in [0.25, 0.3) is 0 Å². The van der Waals surface area contributed by atoms with Crippen LogP contribution in [0, 0.1) is 0 Å². The molecule has 0 aromatic rings. The van der Waals surface area contributed by atoms with Crippen LogP contribution in [0.2, 0.25) is 0 Å². The van der Waals surface area contributed by atoms with Gasteiger partial charge in [0.2, 0.25) is 0 Å². The van der Waals surface area contributed by atoms with E-state index in [9.17, 15) is 13.3 Å². The van der Waals surface area contributed by atoms with Gasteiger partial charge in [0.25, 0.3) is 0 Å². The van der Waals surface area contributed by atoms with E-state index in [-0.39, 0.29) is 13.1 Å². The second-order valence-corrected chi connectivity index (χ2v) is 6.47. The number of hydrogen-bond acceptors (Lipinski definition) is 1. The highest BCUT2D eigenvalue weighted by Crippen LogP contribution is 2.59. The van der Waals surface area contributed by atoms with E-state index in [4.69, 9.17) is 22.5 Å². The second-order valence-electron chi connectivity index (χ2n) is 1.77. The van der Waals surface area contributed by atoms with Crippen LogP contribution in [0.3, 0.4) is 0 Å². The molecule has 0 saturated heterocycles. The summed E-state index contributed by atoms with van der Waals surface area (Å²) in [6, 6.07) is 0. The predicted octanol–water partition coefficient (Wildman–Crippen LogP) is 2.81. The molecule has 0 saturated carbocycles. The van der Waals surface area contributed by atoms with Crippen LogP contribution in [0.15, 0.2) is 0 Å². The third kappa shape index (κ3) is 4.96. The zero-order chi connectivity index (χ0) is 8.91. The summed E-state index contributed by atoms with van der Waals surface area (Å²) in [6.45, 7) is -1.89. The van der Waals surface area contributed by atoms with Gasteiger partial charge in [0.15, 0.2) is 0 Å². The van der Waals surface area contributed by atoms with Crippen molar-refractivity contribution in [3.63, 3.8) is 0 Å². The van der Waals surface area contributed by atoms with Gasteiger partial charge in [-0.05, 0) is 22.5 Å². The number of nitrogens with zero attached hydrogens (tertiary/aromatic N) is 1. The lowest BCUT2D eigenvalue weighted by molar-refractivity contribution is 0.332. The summed E-state index contributed by atoms with van der Waals surface area (Å²) in [7, 11) is 0. The largest absolute Gasteiger partial charge is 0.322 e. The highest BCUT2D eigenvalue weighted by atomic mass is 35.9. The molecule has 2 nitrogen and oxygen atoms in total. The summed E-state index contributed by atoms with van der Waals surface area (Å²) in [5.41, 5.74) is 0. The lowest BCUT2D eigenvalue weighted by atomic mass is 10.6. The first-order valence-corrected chi connectivity index (χ1v) is 6.36. The van der Waals surface area contributed by atoms with Crippen LogP contribution < -0.4 is 0 Å². The fourth-order valence-electron chi connectivity index (χ4n) is 0.540. The molecule has 0 aliphatic rings.